The van der Waals surface area contributed by atoms with E-state index >= 15 is 0 Å². The average molecular weight is 340 g/mol. The van der Waals surface area contributed by atoms with Gasteiger partial charge in [-0.25, -0.2) is 4.79 Å². The summed E-state index contributed by atoms with van der Waals surface area (Å²) in [4.78, 5) is 19.0. The second-order valence-corrected chi connectivity index (χ2v) is 5.14. The smallest absolute Gasteiger partial charge is 0.453 e. The van der Waals surface area contributed by atoms with Crippen molar-refractivity contribution in [3.05, 3.63) is 64.7 Å². The summed E-state index contributed by atoms with van der Waals surface area (Å²) in [6.07, 6.45) is -1.83. The van der Waals surface area contributed by atoms with E-state index in [2.05, 4.69) is 5.32 Å². The Morgan fingerprint density at radius 1 is 0.960 bits per heavy atom. The number of nitro benzene ring substituents is 1. The third-order valence-electron chi connectivity index (χ3n) is 3.51. The van der Waals surface area contributed by atoms with Gasteiger partial charge < -0.3 is 20.3 Å². The van der Waals surface area contributed by atoms with Crippen molar-refractivity contribution in [2.45, 2.75) is 0 Å². The first-order valence-electron chi connectivity index (χ1n) is 7.12. The van der Waals surface area contributed by atoms with Crippen LogP contribution in [0.15, 0.2) is 54.6 Å². The molecule has 0 amide bonds. The lowest BCUT2D eigenvalue weighted by atomic mass is 10.1. The summed E-state index contributed by atoms with van der Waals surface area (Å²) in [5.74, 6) is 1.13. The molecule has 25 heavy (non-hydrogen) atoms. The monoisotopic (exact) mass is 340 g/mol. The number of nitro groups is 1. The lowest BCUT2D eigenvalue weighted by Gasteiger charge is -2.22. The molecule has 0 aromatic heterocycles. The van der Waals surface area contributed by atoms with Crippen LogP contribution in [0.25, 0.3) is 10.8 Å². The second kappa shape index (κ2) is 6.36. The van der Waals surface area contributed by atoms with Crippen LogP contribution in [-0.4, -0.2) is 21.3 Å². The summed E-state index contributed by atoms with van der Waals surface area (Å²) in [7, 11) is 0. The van der Waals surface area contributed by atoms with Gasteiger partial charge in [0.15, 0.2) is 11.5 Å². The SMILES string of the molecule is O=C(O)O.O=[N+]([O-])c1ccc2c(c1)Oc1cc3ccccc3cc1N2. The highest BCUT2D eigenvalue weighted by atomic mass is 16.6. The Kier molecular flexibility index (Phi) is 4.09. The number of nitrogens with one attached hydrogen (secondary N) is 1. The van der Waals surface area contributed by atoms with Gasteiger partial charge >= 0.3 is 6.16 Å². The molecule has 0 unspecified atom stereocenters. The van der Waals surface area contributed by atoms with E-state index in [0.717, 1.165) is 22.1 Å². The summed E-state index contributed by atoms with van der Waals surface area (Å²) >= 11 is 0. The van der Waals surface area contributed by atoms with E-state index in [4.69, 9.17) is 19.7 Å². The van der Waals surface area contributed by atoms with Crippen molar-refractivity contribution in [2.75, 3.05) is 5.32 Å². The highest BCUT2D eigenvalue weighted by Crippen LogP contribution is 2.44. The van der Waals surface area contributed by atoms with Crippen LogP contribution in [0.2, 0.25) is 0 Å². The molecule has 4 rings (SSSR count). The van der Waals surface area contributed by atoms with Crippen LogP contribution in [0.5, 0.6) is 11.5 Å². The molecule has 8 heteroatoms. The molecule has 0 atom stereocenters. The van der Waals surface area contributed by atoms with E-state index < -0.39 is 11.1 Å². The van der Waals surface area contributed by atoms with Crippen LogP contribution in [-0.2, 0) is 0 Å². The molecule has 126 valence electrons. The van der Waals surface area contributed by atoms with Gasteiger partial charge in [0.1, 0.15) is 0 Å². The van der Waals surface area contributed by atoms with Crippen molar-refractivity contribution >= 4 is 34.0 Å². The largest absolute Gasteiger partial charge is 0.503 e. The van der Waals surface area contributed by atoms with Crippen LogP contribution in [0, 0.1) is 10.1 Å². The third-order valence-corrected chi connectivity index (χ3v) is 3.51. The summed E-state index contributed by atoms with van der Waals surface area (Å²) in [6, 6.07) is 16.5. The van der Waals surface area contributed by atoms with Gasteiger partial charge in [-0.3, -0.25) is 10.1 Å². The number of anilines is 2. The predicted molar refractivity (Wildman–Crippen MR) is 91.1 cm³/mol. The van der Waals surface area contributed by atoms with E-state index in [-0.39, 0.29) is 5.69 Å². The Bertz CT molecular complexity index is 982. The number of ether oxygens (including phenoxy) is 1. The van der Waals surface area contributed by atoms with Gasteiger partial charge in [0, 0.05) is 6.07 Å². The van der Waals surface area contributed by atoms with E-state index in [0.29, 0.717) is 11.5 Å². The van der Waals surface area contributed by atoms with Crippen molar-refractivity contribution < 1.29 is 24.7 Å². The highest BCUT2D eigenvalue weighted by Gasteiger charge is 2.20. The molecule has 1 aliphatic heterocycles. The number of hydrogen-bond donors (Lipinski definition) is 3. The van der Waals surface area contributed by atoms with Gasteiger partial charge in [0.2, 0.25) is 0 Å². The minimum atomic E-state index is -1.83. The number of nitrogens with zero attached hydrogens (tertiary/aromatic N) is 1. The van der Waals surface area contributed by atoms with E-state index in [1.54, 1.807) is 6.07 Å². The van der Waals surface area contributed by atoms with Gasteiger partial charge in [-0.15, -0.1) is 0 Å². The Hall–Kier alpha value is -3.81. The Morgan fingerprint density at radius 2 is 1.56 bits per heavy atom. The van der Waals surface area contributed by atoms with Gasteiger partial charge in [0.05, 0.1) is 22.4 Å². The molecule has 0 spiro atoms. The molecule has 1 heterocycles. The highest BCUT2D eigenvalue weighted by molar-refractivity contribution is 5.91. The summed E-state index contributed by atoms with van der Waals surface area (Å²) in [6.45, 7) is 0. The Labute approximate surface area is 141 Å². The number of fused-ring (bicyclic) bond motifs is 3. The average Bonchev–Trinajstić information content (AvgIpc) is 2.57. The topological polar surface area (TPSA) is 122 Å². The van der Waals surface area contributed by atoms with E-state index in [1.165, 1.54) is 12.1 Å². The van der Waals surface area contributed by atoms with Crippen molar-refractivity contribution in [3.63, 3.8) is 0 Å². The molecule has 0 bridgehead atoms. The molecule has 3 aromatic rings. The molecule has 0 radical (unpaired) electrons. The fourth-order valence-corrected chi connectivity index (χ4v) is 2.48. The van der Waals surface area contributed by atoms with Gasteiger partial charge in [-0.2, -0.15) is 0 Å². The first-order valence-corrected chi connectivity index (χ1v) is 7.12. The zero-order chi connectivity index (χ0) is 18.0. The van der Waals surface area contributed by atoms with Crippen molar-refractivity contribution in [3.8, 4) is 11.5 Å². The summed E-state index contributed by atoms with van der Waals surface area (Å²) < 4.78 is 5.81. The zero-order valence-electron chi connectivity index (χ0n) is 12.7. The zero-order valence-corrected chi connectivity index (χ0v) is 12.7. The molecule has 3 N–H and O–H groups in total. The maximum atomic E-state index is 10.8. The van der Waals surface area contributed by atoms with Crippen LogP contribution in [0.1, 0.15) is 0 Å². The molecular weight excluding hydrogens is 328 g/mol. The van der Waals surface area contributed by atoms with E-state index in [9.17, 15) is 10.1 Å². The molecule has 0 saturated carbocycles. The number of benzene rings is 3. The summed E-state index contributed by atoms with van der Waals surface area (Å²) in [5, 5.41) is 30.2. The summed E-state index contributed by atoms with van der Waals surface area (Å²) in [5.41, 5.74) is 1.60. The molecule has 0 fully saturated rings. The standard InChI is InChI=1S/C16H10N2O3.CH2O3/c19-18(20)12-5-6-13-16(9-12)21-15-8-11-4-2-1-3-10(11)7-14(15)17-13;2-1(3)4/h1-9,17H;(H2,2,3,4). The van der Waals surface area contributed by atoms with Crippen molar-refractivity contribution in [1.29, 1.82) is 0 Å². The minimum Gasteiger partial charge on any atom is -0.453 e. The Balaban J connectivity index is 0.000000415. The van der Waals surface area contributed by atoms with E-state index in [1.807, 2.05) is 36.4 Å². The van der Waals surface area contributed by atoms with Crippen molar-refractivity contribution in [1.82, 2.24) is 0 Å². The number of hydrogen-bond acceptors (Lipinski definition) is 5. The number of carboxylic acid groups (broad SMARTS) is 2. The van der Waals surface area contributed by atoms with Gasteiger partial charge in [-0.1, -0.05) is 24.3 Å². The fourth-order valence-electron chi connectivity index (χ4n) is 2.48. The number of carbonyl (C=O) groups is 1. The molecule has 0 saturated heterocycles. The number of non-ortho nitro benzene ring substituents is 1. The third kappa shape index (κ3) is 3.42. The molecule has 1 aliphatic rings. The van der Waals surface area contributed by atoms with Crippen LogP contribution in [0.4, 0.5) is 21.9 Å². The van der Waals surface area contributed by atoms with Gasteiger partial charge in [0.25, 0.3) is 5.69 Å². The van der Waals surface area contributed by atoms with Crippen LogP contribution < -0.4 is 10.1 Å². The normalized spacial score (nSPS) is 11.0. The second-order valence-electron chi connectivity index (χ2n) is 5.14. The molecular formula is C17H12N2O6. The lowest BCUT2D eigenvalue weighted by molar-refractivity contribution is -0.384. The fraction of sp³-hybridized carbons (Fsp3) is 0. The molecule has 0 aliphatic carbocycles. The molecule has 3 aromatic carbocycles. The predicted octanol–water partition coefficient (Wildman–Crippen LogP) is 4.82. The lowest BCUT2D eigenvalue weighted by Crippen LogP contribution is -2.03. The van der Waals surface area contributed by atoms with Crippen LogP contribution in [0.3, 0.4) is 0 Å². The quantitative estimate of drug-likeness (QED) is 0.335. The van der Waals surface area contributed by atoms with Gasteiger partial charge in [-0.05, 0) is 29.0 Å². The maximum Gasteiger partial charge on any atom is 0.503 e. The first kappa shape index (κ1) is 16.1. The maximum absolute atomic E-state index is 10.8. The number of rotatable bonds is 1. The first-order chi connectivity index (χ1) is 11.9. The molecule has 8 nitrogen and oxygen atoms in total. The van der Waals surface area contributed by atoms with Crippen molar-refractivity contribution in [2.24, 2.45) is 0 Å². The minimum absolute atomic E-state index is 0.0137. The Morgan fingerprint density at radius 3 is 2.20 bits per heavy atom. The van der Waals surface area contributed by atoms with Crippen LogP contribution >= 0.6 is 0 Å².